The molecule has 5 nitrogen and oxygen atoms in total. The number of nitrogens with one attached hydrogen (secondary N) is 1. The molecular formula is C13H19NO4S. The highest BCUT2D eigenvalue weighted by molar-refractivity contribution is 7.91. The zero-order chi connectivity index (χ0) is 13.9. The molecule has 1 aromatic carbocycles. The molecule has 0 fully saturated rings. The lowest BCUT2D eigenvalue weighted by Gasteiger charge is -2.19. The summed E-state index contributed by atoms with van der Waals surface area (Å²) >= 11 is 0. The molecule has 0 saturated heterocycles. The highest BCUT2D eigenvalue weighted by atomic mass is 32.2. The number of hydrogen-bond donors (Lipinski definition) is 1. The van der Waals surface area contributed by atoms with E-state index in [1.807, 2.05) is 14.0 Å². The molecule has 106 valence electrons. The molecule has 1 heterocycles. The molecule has 1 N–H and O–H groups in total. The number of hydrogen-bond acceptors (Lipinski definition) is 5. The number of ether oxygens (including phenoxy) is 2. The van der Waals surface area contributed by atoms with Crippen molar-refractivity contribution >= 4 is 9.84 Å². The Morgan fingerprint density at radius 2 is 1.95 bits per heavy atom. The first kappa shape index (κ1) is 14.1. The van der Waals surface area contributed by atoms with Crippen molar-refractivity contribution in [3.05, 3.63) is 18.2 Å². The second-order valence-corrected chi connectivity index (χ2v) is 6.71. The van der Waals surface area contributed by atoms with Crippen LogP contribution in [0, 0.1) is 0 Å². The van der Waals surface area contributed by atoms with Crippen LogP contribution in [0.3, 0.4) is 0 Å². The van der Waals surface area contributed by atoms with Crippen LogP contribution in [-0.4, -0.2) is 40.5 Å². The molecular weight excluding hydrogens is 266 g/mol. The van der Waals surface area contributed by atoms with Crippen LogP contribution in [0.15, 0.2) is 23.1 Å². The van der Waals surface area contributed by atoms with Crippen LogP contribution in [0.4, 0.5) is 0 Å². The lowest BCUT2D eigenvalue weighted by Crippen LogP contribution is -2.24. The molecule has 0 aliphatic carbocycles. The van der Waals surface area contributed by atoms with E-state index in [1.54, 1.807) is 18.2 Å². The first-order valence-electron chi connectivity index (χ1n) is 6.32. The van der Waals surface area contributed by atoms with Gasteiger partial charge in [0.25, 0.3) is 0 Å². The molecule has 19 heavy (non-hydrogen) atoms. The fraction of sp³-hybridized carbons (Fsp3) is 0.538. The van der Waals surface area contributed by atoms with E-state index in [9.17, 15) is 8.42 Å². The van der Waals surface area contributed by atoms with Crippen molar-refractivity contribution in [1.29, 1.82) is 0 Å². The Kier molecular flexibility index (Phi) is 4.31. The fourth-order valence-electron chi connectivity index (χ4n) is 1.81. The predicted molar refractivity (Wildman–Crippen MR) is 72.6 cm³/mol. The van der Waals surface area contributed by atoms with E-state index < -0.39 is 9.84 Å². The van der Waals surface area contributed by atoms with E-state index in [0.717, 1.165) is 0 Å². The molecule has 0 radical (unpaired) electrons. The Balaban J connectivity index is 2.16. The van der Waals surface area contributed by atoms with Gasteiger partial charge in [0, 0.05) is 12.1 Å². The van der Waals surface area contributed by atoms with Gasteiger partial charge < -0.3 is 14.8 Å². The zero-order valence-corrected chi connectivity index (χ0v) is 12.0. The van der Waals surface area contributed by atoms with Crippen molar-refractivity contribution in [2.75, 3.05) is 26.0 Å². The first-order chi connectivity index (χ1) is 9.03. The van der Waals surface area contributed by atoms with Crippen LogP contribution in [0.1, 0.15) is 13.3 Å². The second-order valence-electron chi connectivity index (χ2n) is 4.60. The van der Waals surface area contributed by atoms with Crippen molar-refractivity contribution in [3.8, 4) is 11.5 Å². The van der Waals surface area contributed by atoms with Gasteiger partial charge in [0.2, 0.25) is 0 Å². The molecule has 0 saturated carbocycles. The van der Waals surface area contributed by atoms with E-state index in [-0.39, 0.29) is 11.8 Å². The molecule has 1 atom stereocenters. The highest BCUT2D eigenvalue weighted by Crippen LogP contribution is 2.32. The fourth-order valence-corrected chi connectivity index (χ4v) is 3.27. The Morgan fingerprint density at radius 3 is 2.63 bits per heavy atom. The van der Waals surface area contributed by atoms with Crippen LogP contribution in [0.2, 0.25) is 0 Å². The van der Waals surface area contributed by atoms with Crippen LogP contribution >= 0.6 is 0 Å². The minimum Gasteiger partial charge on any atom is -0.486 e. The third-order valence-corrected chi connectivity index (χ3v) is 4.93. The van der Waals surface area contributed by atoms with Gasteiger partial charge in [-0.05, 0) is 32.5 Å². The average molecular weight is 285 g/mol. The summed E-state index contributed by atoms with van der Waals surface area (Å²) in [6.07, 6.45) is 0.577. The van der Waals surface area contributed by atoms with Crippen LogP contribution in [-0.2, 0) is 9.84 Å². The van der Waals surface area contributed by atoms with Crippen molar-refractivity contribution in [1.82, 2.24) is 5.32 Å². The summed E-state index contributed by atoms with van der Waals surface area (Å²) in [6, 6.07) is 4.95. The van der Waals surface area contributed by atoms with E-state index in [2.05, 4.69) is 5.32 Å². The molecule has 1 aliphatic heterocycles. The van der Waals surface area contributed by atoms with Gasteiger partial charge >= 0.3 is 0 Å². The topological polar surface area (TPSA) is 64.6 Å². The molecule has 0 spiro atoms. The van der Waals surface area contributed by atoms with Gasteiger partial charge in [-0.25, -0.2) is 8.42 Å². The maximum absolute atomic E-state index is 12.2. The predicted octanol–water partition coefficient (Wildman–Crippen LogP) is 1.23. The average Bonchev–Trinajstić information content (AvgIpc) is 2.44. The van der Waals surface area contributed by atoms with Gasteiger partial charge in [0.05, 0.1) is 10.6 Å². The quantitative estimate of drug-likeness (QED) is 0.881. The van der Waals surface area contributed by atoms with Gasteiger partial charge in [0.1, 0.15) is 13.2 Å². The molecule has 0 amide bonds. The summed E-state index contributed by atoms with van der Waals surface area (Å²) in [5.41, 5.74) is 0. The van der Waals surface area contributed by atoms with E-state index >= 15 is 0 Å². The minimum atomic E-state index is -3.27. The monoisotopic (exact) mass is 285 g/mol. The Hall–Kier alpha value is -1.27. The maximum Gasteiger partial charge on any atom is 0.178 e. The van der Waals surface area contributed by atoms with E-state index in [1.165, 1.54) is 0 Å². The normalized spacial score (nSPS) is 16.1. The third kappa shape index (κ3) is 3.39. The van der Waals surface area contributed by atoms with Crippen LogP contribution in [0.5, 0.6) is 11.5 Å². The molecule has 2 rings (SSSR count). The third-order valence-electron chi connectivity index (χ3n) is 3.19. The lowest BCUT2D eigenvalue weighted by atomic mass is 10.3. The van der Waals surface area contributed by atoms with E-state index in [0.29, 0.717) is 36.0 Å². The molecule has 6 heteroatoms. The van der Waals surface area contributed by atoms with Crippen LogP contribution < -0.4 is 14.8 Å². The maximum atomic E-state index is 12.2. The molecule has 1 unspecified atom stereocenters. The molecule has 0 bridgehead atoms. The summed E-state index contributed by atoms with van der Waals surface area (Å²) in [6.45, 7) is 2.91. The van der Waals surface area contributed by atoms with Gasteiger partial charge in [-0.15, -0.1) is 0 Å². The summed E-state index contributed by atoms with van der Waals surface area (Å²) in [7, 11) is -1.45. The largest absolute Gasteiger partial charge is 0.486 e. The summed E-state index contributed by atoms with van der Waals surface area (Å²) < 4.78 is 35.2. The lowest BCUT2D eigenvalue weighted by molar-refractivity contribution is 0.171. The van der Waals surface area contributed by atoms with Crippen LogP contribution in [0.25, 0.3) is 0 Å². The number of fused-ring (bicyclic) bond motifs is 1. The minimum absolute atomic E-state index is 0.120. The van der Waals surface area contributed by atoms with Gasteiger partial charge in [0.15, 0.2) is 21.3 Å². The zero-order valence-electron chi connectivity index (χ0n) is 11.2. The number of rotatable bonds is 5. The van der Waals surface area contributed by atoms with Gasteiger partial charge in [-0.1, -0.05) is 0 Å². The number of benzene rings is 1. The Labute approximate surface area is 113 Å². The Bertz CT molecular complexity index is 542. The number of sulfone groups is 1. The molecule has 0 aromatic heterocycles. The SMILES string of the molecule is CNC(C)CCS(=O)(=O)c1ccc2c(c1)OCCO2. The van der Waals surface area contributed by atoms with Gasteiger partial charge in [-0.3, -0.25) is 0 Å². The summed E-state index contributed by atoms with van der Waals surface area (Å²) in [5.74, 6) is 1.23. The summed E-state index contributed by atoms with van der Waals surface area (Å²) in [5, 5.41) is 3.03. The summed E-state index contributed by atoms with van der Waals surface area (Å²) in [4.78, 5) is 0.292. The van der Waals surface area contributed by atoms with Crippen molar-refractivity contribution in [2.45, 2.75) is 24.3 Å². The molecule has 1 aliphatic rings. The first-order valence-corrected chi connectivity index (χ1v) is 7.98. The van der Waals surface area contributed by atoms with Crippen molar-refractivity contribution in [3.63, 3.8) is 0 Å². The van der Waals surface area contributed by atoms with Crippen molar-refractivity contribution in [2.24, 2.45) is 0 Å². The van der Waals surface area contributed by atoms with Gasteiger partial charge in [-0.2, -0.15) is 0 Å². The van der Waals surface area contributed by atoms with E-state index in [4.69, 9.17) is 9.47 Å². The second kappa shape index (κ2) is 5.79. The molecule has 1 aromatic rings. The Morgan fingerprint density at radius 1 is 1.26 bits per heavy atom. The highest BCUT2D eigenvalue weighted by Gasteiger charge is 2.19. The standard InChI is InChI=1S/C13H19NO4S/c1-10(14-2)5-8-19(15,16)11-3-4-12-13(9-11)18-7-6-17-12/h3-4,9-10,14H,5-8H2,1-2H3. The smallest absolute Gasteiger partial charge is 0.178 e. The van der Waals surface area contributed by atoms with Crippen molar-refractivity contribution < 1.29 is 17.9 Å².